The molecule has 0 atom stereocenters. The van der Waals surface area contributed by atoms with E-state index in [0.29, 0.717) is 11.1 Å². The van der Waals surface area contributed by atoms with Gasteiger partial charge in [0, 0.05) is 10.9 Å². The fraction of sp³-hybridized carbons (Fsp3) is 0.382. The molecule has 0 saturated carbocycles. The van der Waals surface area contributed by atoms with Crippen LogP contribution in [0.3, 0.4) is 0 Å². The summed E-state index contributed by atoms with van der Waals surface area (Å²) in [6.07, 6.45) is 5.80. The third kappa shape index (κ3) is 6.83. The molecule has 0 radical (unpaired) electrons. The summed E-state index contributed by atoms with van der Waals surface area (Å²) in [5.74, 6) is 0. The topological polar surface area (TPSA) is 12.9 Å². The van der Waals surface area contributed by atoms with Crippen molar-refractivity contribution in [1.29, 1.82) is 0 Å². The predicted octanol–water partition coefficient (Wildman–Crippen LogP) is 10.8. The fourth-order valence-corrected chi connectivity index (χ4v) is 5.14. The number of alkyl halides is 3. The largest absolute Gasteiger partial charge is 0.417 e. The lowest BCUT2D eigenvalue weighted by Gasteiger charge is -2.16. The number of unbranched alkanes of at least 4 members (excludes halogenated alkanes) is 5. The standard InChI is InChI=1S/C34H38F3N/c1-4-6-8-10-11-25-13-16-27(17-14-25)30-23-28(18-19-31(30)34(35,36)37)33-24(3)21-29-22-26(12-9-7-5-2)15-20-32(29)38-33/h13-23H,4-12H2,1-3H3. The molecular weight excluding hydrogens is 479 g/mol. The van der Waals surface area contributed by atoms with Crippen molar-refractivity contribution in [2.45, 2.75) is 84.7 Å². The van der Waals surface area contributed by atoms with Gasteiger partial charge >= 0.3 is 6.18 Å². The van der Waals surface area contributed by atoms with Gasteiger partial charge in [0.1, 0.15) is 0 Å². The van der Waals surface area contributed by atoms with E-state index in [1.54, 1.807) is 12.1 Å². The van der Waals surface area contributed by atoms with E-state index in [-0.39, 0.29) is 5.56 Å². The van der Waals surface area contributed by atoms with Crippen LogP contribution in [-0.2, 0) is 19.0 Å². The van der Waals surface area contributed by atoms with Crippen molar-refractivity contribution in [3.8, 4) is 22.4 Å². The molecule has 0 N–H and O–H groups in total. The summed E-state index contributed by atoms with van der Waals surface area (Å²) >= 11 is 0. The SMILES string of the molecule is CCCCCCc1ccc(-c2cc(-c3nc4ccc(CCCCC)cc4cc3C)ccc2C(F)(F)F)cc1. The minimum absolute atomic E-state index is 0.195. The maximum absolute atomic E-state index is 14.0. The minimum Gasteiger partial charge on any atom is -0.248 e. The first-order valence-electron chi connectivity index (χ1n) is 14.0. The highest BCUT2D eigenvalue weighted by Crippen LogP contribution is 2.40. The molecule has 0 saturated heterocycles. The predicted molar refractivity (Wildman–Crippen MR) is 153 cm³/mol. The van der Waals surface area contributed by atoms with Gasteiger partial charge in [0.05, 0.1) is 16.8 Å². The van der Waals surface area contributed by atoms with Gasteiger partial charge in [-0.05, 0) is 90.8 Å². The molecule has 200 valence electrons. The van der Waals surface area contributed by atoms with Crippen LogP contribution in [0, 0.1) is 6.92 Å². The molecule has 4 rings (SSSR count). The molecule has 0 amide bonds. The lowest BCUT2D eigenvalue weighted by Crippen LogP contribution is -2.07. The molecule has 1 aromatic heterocycles. The number of rotatable bonds is 11. The molecule has 4 heteroatoms. The zero-order valence-corrected chi connectivity index (χ0v) is 22.8. The van der Waals surface area contributed by atoms with Crippen LogP contribution in [0.15, 0.2) is 66.7 Å². The lowest BCUT2D eigenvalue weighted by molar-refractivity contribution is -0.137. The number of pyridine rings is 1. The molecule has 0 spiro atoms. The highest BCUT2D eigenvalue weighted by Gasteiger charge is 2.34. The van der Waals surface area contributed by atoms with Crippen molar-refractivity contribution in [2.24, 2.45) is 0 Å². The Balaban J connectivity index is 1.67. The van der Waals surface area contributed by atoms with Gasteiger partial charge in [-0.15, -0.1) is 0 Å². The Morgan fingerprint density at radius 3 is 2.00 bits per heavy atom. The van der Waals surface area contributed by atoms with E-state index < -0.39 is 11.7 Å². The highest BCUT2D eigenvalue weighted by molar-refractivity contribution is 5.85. The summed E-state index contributed by atoms with van der Waals surface area (Å²) in [5, 5.41) is 1.07. The first kappa shape index (κ1) is 27.9. The maximum atomic E-state index is 14.0. The van der Waals surface area contributed by atoms with Gasteiger partial charge in [0.2, 0.25) is 0 Å². The summed E-state index contributed by atoms with van der Waals surface area (Å²) in [6, 6.07) is 20.4. The van der Waals surface area contributed by atoms with Crippen LogP contribution < -0.4 is 0 Å². The van der Waals surface area contributed by atoms with Gasteiger partial charge in [0.25, 0.3) is 0 Å². The normalized spacial score (nSPS) is 11.8. The fourth-order valence-electron chi connectivity index (χ4n) is 5.14. The summed E-state index contributed by atoms with van der Waals surface area (Å²) < 4.78 is 42.0. The van der Waals surface area contributed by atoms with Gasteiger partial charge in [-0.3, -0.25) is 0 Å². The number of halogens is 3. The van der Waals surface area contributed by atoms with E-state index in [0.717, 1.165) is 47.0 Å². The number of benzene rings is 3. The summed E-state index contributed by atoms with van der Waals surface area (Å²) in [6.45, 7) is 6.37. The van der Waals surface area contributed by atoms with Crippen molar-refractivity contribution in [1.82, 2.24) is 4.98 Å². The Hall–Kier alpha value is -3.14. The maximum Gasteiger partial charge on any atom is 0.417 e. The second kappa shape index (κ2) is 12.6. The second-order valence-electron chi connectivity index (χ2n) is 10.4. The van der Waals surface area contributed by atoms with E-state index in [1.165, 1.54) is 50.2 Å². The highest BCUT2D eigenvalue weighted by atomic mass is 19.4. The van der Waals surface area contributed by atoms with Crippen LogP contribution in [0.5, 0.6) is 0 Å². The average molecular weight is 518 g/mol. The number of fused-ring (bicyclic) bond motifs is 1. The Morgan fingerprint density at radius 2 is 1.29 bits per heavy atom. The van der Waals surface area contributed by atoms with Crippen LogP contribution in [0.25, 0.3) is 33.3 Å². The zero-order valence-electron chi connectivity index (χ0n) is 22.8. The van der Waals surface area contributed by atoms with E-state index in [2.05, 4.69) is 32.0 Å². The number of hydrogen-bond donors (Lipinski definition) is 0. The molecule has 0 aliphatic heterocycles. The summed E-state index contributed by atoms with van der Waals surface area (Å²) in [7, 11) is 0. The third-order valence-electron chi connectivity index (χ3n) is 7.32. The molecular formula is C34H38F3N. The molecule has 3 aromatic carbocycles. The molecule has 0 bridgehead atoms. The lowest BCUT2D eigenvalue weighted by atomic mass is 9.93. The first-order valence-corrected chi connectivity index (χ1v) is 14.0. The van der Waals surface area contributed by atoms with Gasteiger partial charge < -0.3 is 0 Å². The Bertz CT molecular complexity index is 1350. The van der Waals surface area contributed by atoms with E-state index in [9.17, 15) is 13.2 Å². The van der Waals surface area contributed by atoms with E-state index in [4.69, 9.17) is 4.98 Å². The molecule has 0 aliphatic rings. The summed E-state index contributed by atoms with van der Waals surface area (Å²) in [5.41, 5.74) is 5.84. The van der Waals surface area contributed by atoms with Gasteiger partial charge in [-0.2, -0.15) is 13.2 Å². The van der Waals surface area contributed by atoms with Crippen LogP contribution >= 0.6 is 0 Å². The van der Waals surface area contributed by atoms with Crippen molar-refractivity contribution in [2.75, 3.05) is 0 Å². The Kier molecular flexibility index (Phi) is 9.25. The monoisotopic (exact) mass is 517 g/mol. The quantitative estimate of drug-likeness (QED) is 0.180. The molecule has 4 aromatic rings. The summed E-state index contributed by atoms with van der Waals surface area (Å²) in [4.78, 5) is 4.89. The van der Waals surface area contributed by atoms with Crippen LogP contribution in [0.1, 0.15) is 81.0 Å². The van der Waals surface area contributed by atoms with Gasteiger partial charge in [0.15, 0.2) is 0 Å². The number of aromatic nitrogens is 1. The van der Waals surface area contributed by atoms with Crippen molar-refractivity contribution < 1.29 is 13.2 Å². The number of hydrogen-bond acceptors (Lipinski definition) is 1. The van der Waals surface area contributed by atoms with Crippen molar-refractivity contribution >= 4 is 10.9 Å². The average Bonchev–Trinajstić information content (AvgIpc) is 2.90. The van der Waals surface area contributed by atoms with Crippen molar-refractivity contribution in [3.63, 3.8) is 0 Å². The smallest absolute Gasteiger partial charge is 0.248 e. The van der Waals surface area contributed by atoms with Gasteiger partial charge in [-0.25, -0.2) is 4.98 Å². The number of aryl methyl sites for hydroxylation is 3. The number of nitrogens with zero attached hydrogens (tertiary/aromatic N) is 1. The van der Waals surface area contributed by atoms with Crippen LogP contribution in [0.4, 0.5) is 13.2 Å². The van der Waals surface area contributed by atoms with Crippen LogP contribution in [0.2, 0.25) is 0 Å². The molecule has 0 fully saturated rings. The van der Waals surface area contributed by atoms with E-state index in [1.807, 2.05) is 37.3 Å². The molecule has 0 unspecified atom stereocenters. The molecule has 38 heavy (non-hydrogen) atoms. The molecule has 1 heterocycles. The molecule has 1 nitrogen and oxygen atoms in total. The Labute approximate surface area is 225 Å². The minimum atomic E-state index is -4.44. The van der Waals surface area contributed by atoms with Gasteiger partial charge in [-0.1, -0.05) is 82.3 Å². The van der Waals surface area contributed by atoms with Crippen molar-refractivity contribution in [3.05, 3.63) is 89.0 Å². The third-order valence-corrected chi connectivity index (χ3v) is 7.32. The first-order chi connectivity index (χ1) is 18.3. The van der Waals surface area contributed by atoms with Crippen LogP contribution in [-0.4, -0.2) is 4.98 Å². The van der Waals surface area contributed by atoms with E-state index >= 15 is 0 Å². The molecule has 0 aliphatic carbocycles. The zero-order chi connectivity index (χ0) is 27.1. The Morgan fingerprint density at radius 1 is 0.658 bits per heavy atom. The second-order valence-corrected chi connectivity index (χ2v) is 10.4.